The second-order valence-corrected chi connectivity index (χ2v) is 5.12. The van der Waals surface area contributed by atoms with Crippen molar-refractivity contribution in [1.82, 2.24) is 14.5 Å². The van der Waals surface area contributed by atoms with Crippen LogP contribution < -0.4 is 5.73 Å². The molecule has 6 nitrogen and oxygen atoms in total. The van der Waals surface area contributed by atoms with Gasteiger partial charge in [-0.2, -0.15) is 0 Å². The Kier molecular flexibility index (Phi) is 2.70. The zero-order valence-corrected chi connectivity index (χ0v) is 10.8. The number of ether oxygens (including phenoxy) is 1. The molecule has 3 heterocycles. The van der Waals surface area contributed by atoms with Gasteiger partial charge in [0.25, 0.3) is 0 Å². The first-order valence-corrected chi connectivity index (χ1v) is 6.16. The van der Waals surface area contributed by atoms with Gasteiger partial charge in [0, 0.05) is 19.0 Å². The maximum atomic E-state index is 14.1. The molecule has 0 amide bonds. The summed E-state index contributed by atoms with van der Waals surface area (Å²) in [5.41, 5.74) is 4.73. The molecule has 2 aromatic heterocycles. The predicted octanol–water partition coefficient (Wildman–Crippen LogP) is 1.29. The summed E-state index contributed by atoms with van der Waals surface area (Å²) in [6.45, 7) is 0.864. The normalized spacial score (nSPS) is 30.2. The summed E-state index contributed by atoms with van der Waals surface area (Å²) in [6, 6.07) is 0. The molecule has 8 heteroatoms. The van der Waals surface area contributed by atoms with Crippen molar-refractivity contribution in [3.05, 3.63) is 18.3 Å². The SMILES string of the molecule is C[C@]1(n2cc(F)c3c(N)ncnc32)CC[C@@](F)(CO)O1. The van der Waals surface area contributed by atoms with Gasteiger partial charge in [0.2, 0.25) is 5.85 Å². The number of nitrogen functional groups attached to an aromatic ring is 1. The highest BCUT2D eigenvalue weighted by Crippen LogP contribution is 2.43. The third kappa shape index (κ3) is 1.75. The zero-order chi connectivity index (χ0) is 14.5. The minimum Gasteiger partial charge on any atom is -0.390 e. The van der Waals surface area contributed by atoms with Crippen LogP contribution in [-0.4, -0.2) is 32.1 Å². The van der Waals surface area contributed by atoms with Crippen LogP contribution in [0.25, 0.3) is 11.0 Å². The molecule has 3 rings (SSSR count). The number of aromatic nitrogens is 3. The van der Waals surface area contributed by atoms with Crippen LogP contribution in [0.3, 0.4) is 0 Å². The second kappa shape index (κ2) is 4.10. The summed E-state index contributed by atoms with van der Waals surface area (Å²) in [5, 5.41) is 9.12. The maximum absolute atomic E-state index is 14.1. The molecule has 0 spiro atoms. The number of alkyl halides is 1. The van der Waals surface area contributed by atoms with E-state index in [-0.39, 0.29) is 29.7 Å². The summed E-state index contributed by atoms with van der Waals surface area (Å²) < 4.78 is 34.8. The van der Waals surface area contributed by atoms with E-state index >= 15 is 0 Å². The van der Waals surface area contributed by atoms with Crippen molar-refractivity contribution in [3.8, 4) is 0 Å². The number of hydrogen-bond donors (Lipinski definition) is 2. The van der Waals surface area contributed by atoms with Crippen molar-refractivity contribution < 1.29 is 18.6 Å². The monoisotopic (exact) mass is 284 g/mol. The van der Waals surface area contributed by atoms with Crippen molar-refractivity contribution >= 4 is 16.9 Å². The lowest BCUT2D eigenvalue weighted by atomic mass is 10.1. The smallest absolute Gasteiger partial charge is 0.234 e. The van der Waals surface area contributed by atoms with Crippen LogP contribution in [0.4, 0.5) is 14.6 Å². The fourth-order valence-electron chi connectivity index (χ4n) is 2.60. The second-order valence-electron chi connectivity index (χ2n) is 5.12. The van der Waals surface area contributed by atoms with Gasteiger partial charge in [0.1, 0.15) is 24.5 Å². The standard InChI is InChI=1S/C12H14F2N4O2/c1-11(2-3-12(14,5-19)20-11)18-4-7(13)8-9(15)16-6-17-10(8)18/h4,6,19H,2-3,5H2,1H3,(H2,15,16,17)/t11-,12+/m1/s1. The highest BCUT2D eigenvalue weighted by Gasteiger charge is 2.48. The third-order valence-corrected chi connectivity index (χ3v) is 3.68. The van der Waals surface area contributed by atoms with Crippen LogP contribution >= 0.6 is 0 Å². The molecule has 0 aromatic carbocycles. The first-order valence-electron chi connectivity index (χ1n) is 6.16. The average Bonchev–Trinajstić information content (AvgIpc) is 2.91. The van der Waals surface area contributed by atoms with Gasteiger partial charge >= 0.3 is 0 Å². The van der Waals surface area contributed by atoms with Crippen LogP contribution in [0.1, 0.15) is 19.8 Å². The van der Waals surface area contributed by atoms with Crippen LogP contribution in [0, 0.1) is 5.82 Å². The minimum atomic E-state index is -2.12. The number of aliphatic hydroxyl groups is 1. The number of fused-ring (bicyclic) bond motifs is 1. The number of halogens is 2. The van der Waals surface area contributed by atoms with Gasteiger partial charge in [-0.1, -0.05) is 0 Å². The molecule has 0 aliphatic carbocycles. The van der Waals surface area contributed by atoms with E-state index in [1.807, 2.05) is 0 Å². The fraction of sp³-hybridized carbons (Fsp3) is 0.500. The Morgan fingerprint density at radius 3 is 2.90 bits per heavy atom. The largest absolute Gasteiger partial charge is 0.390 e. The summed E-state index contributed by atoms with van der Waals surface area (Å²) >= 11 is 0. The lowest BCUT2D eigenvalue weighted by Crippen LogP contribution is -2.35. The van der Waals surface area contributed by atoms with Crippen LogP contribution in [0.2, 0.25) is 0 Å². The summed E-state index contributed by atoms with van der Waals surface area (Å²) in [4.78, 5) is 7.73. The van der Waals surface area contributed by atoms with Crippen molar-refractivity contribution in [3.63, 3.8) is 0 Å². The van der Waals surface area contributed by atoms with E-state index in [1.54, 1.807) is 6.92 Å². The number of hydrogen-bond acceptors (Lipinski definition) is 5. The Labute approximate surface area is 113 Å². The molecule has 1 aliphatic heterocycles. The van der Waals surface area contributed by atoms with E-state index in [1.165, 1.54) is 17.1 Å². The Morgan fingerprint density at radius 2 is 2.25 bits per heavy atom. The van der Waals surface area contributed by atoms with Crippen molar-refractivity contribution in [2.45, 2.75) is 31.3 Å². The average molecular weight is 284 g/mol. The van der Waals surface area contributed by atoms with Crippen LogP contribution in [-0.2, 0) is 10.5 Å². The molecule has 20 heavy (non-hydrogen) atoms. The summed E-state index contributed by atoms with van der Waals surface area (Å²) in [6.07, 6.45) is 2.67. The number of anilines is 1. The van der Waals surface area contributed by atoms with Gasteiger partial charge in [0.05, 0.1) is 5.39 Å². The Bertz CT molecular complexity index is 677. The quantitative estimate of drug-likeness (QED) is 0.868. The molecule has 108 valence electrons. The van der Waals surface area contributed by atoms with E-state index in [0.717, 1.165) is 0 Å². The third-order valence-electron chi connectivity index (χ3n) is 3.68. The Balaban J connectivity index is 2.14. The Morgan fingerprint density at radius 1 is 1.50 bits per heavy atom. The first kappa shape index (κ1) is 13.2. The van der Waals surface area contributed by atoms with Gasteiger partial charge in [-0.15, -0.1) is 0 Å². The molecule has 2 aromatic rings. The molecular weight excluding hydrogens is 270 g/mol. The molecule has 0 bridgehead atoms. The van der Waals surface area contributed by atoms with Crippen LogP contribution in [0.15, 0.2) is 12.5 Å². The number of aliphatic hydroxyl groups excluding tert-OH is 1. The summed E-state index contributed by atoms with van der Waals surface area (Å²) in [5.74, 6) is -2.70. The van der Waals surface area contributed by atoms with Gasteiger partial charge in [-0.25, -0.2) is 18.7 Å². The highest BCUT2D eigenvalue weighted by molar-refractivity contribution is 5.86. The van der Waals surface area contributed by atoms with E-state index in [2.05, 4.69) is 9.97 Å². The Hall–Kier alpha value is -1.80. The van der Waals surface area contributed by atoms with Gasteiger partial charge in [0.15, 0.2) is 11.5 Å². The fourth-order valence-corrected chi connectivity index (χ4v) is 2.60. The maximum Gasteiger partial charge on any atom is 0.234 e. The molecule has 1 saturated heterocycles. The molecule has 0 unspecified atom stereocenters. The molecule has 1 aliphatic rings. The predicted molar refractivity (Wildman–Crippen MR) is 66.8 cm³/mol. The molecular formula is C12H14F2N4O2. The molecule has 0 saturated carbocycles. The number of rotatable bonds is 2. The minimum absolute atomic E-state index is 0.0153. The zero-order valence-electron chi connectivity index (χ0n) is 10.8. The van der Waals surface area contributed by atoms with Gasteiger partial charge < -0.3 is 20.1 Å². The van der Waals surface area contributed by atoms with E-state index in [4.69, 9.17) is 15.6 Å². The number of nitrogens with two attached hydrogens (primary N) is 1. The first-order chi connectivity index (χ1) is 9.38. The van der Waals surface area contributed by atoms with Crippen LogP contribution in [0.5, 0.6) is 0 Å². The van der Waals surface area contributed by atoms with E-state index in [0.29, 0.717) is 0 Å². The van der Waals surface area contributed by atoms with Crippen molar-refractivity contribution in [2.24, 2.45) is 0 Å². The molecule has 0 radical (unpaired) electrons. The number of nitrogens with zero attached hydrogens (tertiary/aromatic N) is 3. The van der Waals surface area contributed by atoms with Crippen molar-refractivity contribution in [1.29, 1.82) is 0 Å². The highest BCUT2D eigenvalue weighted by atomic mass is 19.2. The lowest BCUT2D eigenvalue weighted by molar-refractivity contribution is -0.215. The van der Waals surface area contributed by atoms with Crippen molar-refractivity contribution in [2.75, 3.05) is 12.3 Å². The van der Waals surface area contributed by atoms with Gasteiger partial charge in [-0.3, -0.25) is 0 Å². The van der Waals surface area contributed by atoms with Gasteiger partial charge in [-0.05, 0) is 6.92 Å². The van der Waals surface area contributed by atoms with E-state index < -0.39 is 24.0 Å². The molecule has 1 fully saturated rings. The topological polar surface area (TPSA) is 86.2 Å². The molecule has 2 atom stereocenters. The van der Waals surface area contributed by atoms with E-state index in [9.17, 15) is 8.78 Å². The lowest BCUT2D eigenvalue weighted by Gasteiger charge is -2.28. The molecule has 3 N–H and O–H groups in total. The summed E-state index contributed by atoms with van der Waals surface area (Å²) in [7, 11) is 0.